The van der Waals surface area contributed by atoms with Crippen molar-refractivity contribution in [3.63, 3.8) is 0 Å². The van der Waals surface area contributed by atoms with Gasteiger partial charge in [-0.3, -0.25) is 19.7 Å². The number of ketones is 1. The average Bonchev–Trinajstić information content (AvgIpc) is 2.28. The SMILES string of the molecule is CCCCCC(=O)C(C)(CC(=O)OCC)C[N+](=O)[O-]. The lowest BCUT2D eigenvalue weighted by Crippen LogP contribution is -2.37. The molecule has 0 rings (SSSR count). The third kappa shape index (κ3) is 6.88. The molecule has 0 fully saturated rings. The maximum absolute atomic E-state index is 12.1. The summed E-state index contributed by atoms with van der Waals surface area (Å²) in [5, 5.41) is 10.7. The van der Waals surface area contributed by atoms with Gasteiger partial charge in [-0.2, -0.15) is 0 Å². The molecule has 1 atom stereocenters. The van der Waals surface area contributed by atoms with E-state index in [-0.39, 0.29) is 25.2 Å². The van der Waals surface area contributed by atoms with Gasteiger partial charge in [0.1, 0.15) is 11.2 Å². The number of carbonyl (C=O) groups is 2. The zero-order chi connectivity index (χ0) is 14.9. The van der Waals surface area contributed by atoms with Crippen LogP contribution in [0, 0.1) is 15.5 Å². The number of unbranched alkanes of at least 4 members (excludes halogenated alkanes) is 2. The lowest BCUT2D eigenvalue weighted by atomic mass is 9.80. The summed E-state index contributed by atoms with van der Waals surface area (Å²) in [7, 11) is 0. The van der Waals surface area contributed by atoms with Crippen molar-refractivity contribution in [3.8, 4) is 0 Å². The molecule has 0 aliphatic carbocycles. The van der Waals surface area contributed by atoms with Crippen molar-refractivity contribution >= 4 is 11.8 Å². The largest absolute Gasteiger partial charge is 0.466 e. The van der Waals surface area contributed by atoms with Gasteiger partial charge in [-0.25, -0.2) is 0 Å². The molecule has 110 valence electrons. The topological polar surface area (TPSA) is 86.5 Å². The normalized spacial score (nSPS) is 13.6. The highest BCUT2D eigenvalue weighted by molar-refractivity contribution is 5.88. The molecule has 6 nitrogen and oxygen atoms in total. The molecule has 0 radical (unpaired) electrons. The van der Waals surface area contributed by atoms with E-state index in [4.69, 9.17) is 4.74 Å². The standard InChI is InChI=1S/C13H23NO5/c1-4-6-7-8-11(15)13(3,10-14(17)18)9-12(16)19-5-2/h4-10H2,1-3H3. The summed E-state index contributed by atoms with van der Waals surface area (Å²) in [6, 6.07) is 0. The Morgan fingerprint density at radius 3 is 2.37 bits per heavy atom. The van der Waals surface area contributed by atoms with Crippen molar-refractivity contribution in [1.82, 2.24) is 0 Å². The van der Waals surface area contributed by atoms with Crippen molar-refractivity contribution in [2.24, 2.45) is 5.41 Å². The Labute approximate surface area is 113 Å². The quantitative estimate of drug-likeness (QED) is 0.264. The summed E-state index contributed by atoms with van der Waals surface area (Å²) in [6.07, 6.45) is 2.62. The molecule has 0 aromatic rings. The first kappa shape index (κ1) is 17.5. The van der Waals surface area contributed by atoms with Gasteiger partial charge in [-0.1, -0.05) is 19.8 Å². The van der Waals surface area contributed by atoms with E-state index in [0.29, 0.717) is 6.42 Å². The summed E-state index contributed by atoms with van der Waals surface area (Å²) in [6.45, 7) is 4.82. The number of Topliss-reactive ketones (excluding diaryl/α,β-unsaturated/α-hetero) is 1. The second kappa shape index (κ2) is 8.61. The van der Waals surface area contributed by atoms with E-state index >= 15 is 0 Å². The lowest BCUT2D eigenvalue weighted by Gasteiger charge is -2.22. The van der Waals surface area contributed by atoms with Crippen molar-refractivity contribution in [2.45, 2.75) is 52.9 Å². The highest BCUT2D eigenvalue weighted by atomic mass is 16.6. The molecule has 0 bridgehead atoms. The van der Waals surface area contributed by atoms with Gasteiger partial charge in [0.15, 0.2) is 0 Å². The smallest absolute Gasteiger partial charge is 0.307 e. The number of nitro groups is 1. The van der Waals surface area contributed by atoms with Crippen LogP contribution >= 0.6 is 0 Å². The van der Waals surface area contributed by atoms with Crippen molar-refractivity contribution in [2.75, 3.05) is 13.2 Å². The van der Waals surface area contributed by atoms with E-state index < -0.39 is 22.9 Å². The van der Waals surface area contributed by atoms with Gasteiger partial charge in [-0.05, 0) is 20.3 Å². The Kier molecular flexibility index (Phi) is 7.95. The Bertz CT molecular complexity index is 329. The molecule has 0 amide bonds. The van der Waals surface area contributed by atoms with Crippen LogP contribution in [-0.4, -0.2) is 29.8 Å². The minimum Gasteiger partial charge on any atom is -0.466 e. The summed E-state index contributed by atoms with van der Waals surface area (Å²) in [5.74, 6) is -0.790. The predicted molar refractivity (Wildman–Crippen MR) is 70.4 cm³/mol. The Morgan fingerprint density at radius 2 is 1.89 bits per heavy atom. The Balaban J connectivity index is 4.70. The zero-order valence-corrected chi connectivity index (χ0v) is 11.9. The van der Waals surface area contributed by atoms with Gasteiger partial charge in [-0.15, -0.1) is 0 Å². The maximum Gasteiger partial charge on any atom is 0.307 e. The first-order valence-corrected chi connectivity index (χ1v) is 6.66. The summed E-state index contributed by atoms with van der Waals surface area (Å²) < 4.78 is 4.78. The number of rotatable bonds is 10. The molecule has 0 spiro atoms. The van der Waals surface area contributed by atoms with Crippen LogP contribution in [0.15, 0.2) is 0 Å². The van der Waals surface area contributed by atoms with Crippen LogP contribution in [0.2, 0.25) is 0 Å². The van der Waals surface area contributed by atoms with Crippen LogP contribution in [-0.2, 0) is 14.3 Å². The van der Waals surface area contributed by atoms with Crippen LogP contribution in [0.25, 0.3) is 0 Å². The van der Waals surface area contributed by atoms with Crippen LogP contribution in [0.5, 0.6) is 0 Å². The molecule has 0 aromatic heterocycles. The van der Waals surface area contributed by atoms with Gasteiger partial charge in [0.25, 0.3) is 0 Å². The minimum atomic E-state index is -1.26. The molecule has 0 aliphatic rings. The van der Waals surface area contributed by atoms with Crippen molar-refractivity contribution in [3.05, 3.63) is 10.1 Å². The van der Waals surface area contributed by atoms with Crippen molar-refractivity contribution in [1.29, 1.82) is 0 Å². The van der Waals surface area contributed by atoms with Crippen LogP contribution in [0.1, 0.15) is 52.9 Å². The second-order valence-corrected chi connectivity index (χ2v) is 4.91. The van der Waals surface area contributed by atoms with E-state index in [9.17, 15) is 19.7 Å². The Morgan fingerprint density at radius 1 is 1.26 bits per heavy atom. The zero-order valence-electron chi connectivity index (χ0n) is 11.9. The highest BCUT2D eigenvalue weighted by Gasteiger charge is 2.40. The fourth-order valence-electron chi connectivity index (χ4n) is 1.90. The molecule has 0 heterocycles. The van der Waals surface area contributed by atoms with Gasteiger partial charge in [0, 0.05) is 11.3 Å². The summed E-state index contributed by atoms with van der Waals surface area (Å²) in [5.41, 5.74) is -1.26. The van der Waals surface area contributed by atoms with Gasteiger partial charge in [0.05, 0.1) is 13.0 Å². The lowest BCUT2D eigenvalue weighted by molar-refractivity contribution is -0.493. The number of carbonyl (C=O) groups excluding carboxylic acids is 2. The van der Waals surface area contributed by atoms with Gasteiger partial charge in [0.2, 0.25) is 6.54 Å². The number of esters is 1. The van der Waals surface area contributed by atoms with E-state index in [1.165, 1.54) is 6.92 Å². The molecular formula is C13H23NO5. The molecule has 1 unspecified atom stereocenters. The van der Waals surface area contributed by atoms with E-state index in [2.05, 4.69) is 0 Å². The minimum absolute atomic E-state index is 0.206. The molecule has 0 aromatic carbocycles. The number of ether oxygens (including phenoxy) is 1. The maximum atomic E-state index is 12.1. The van der Waals surface area contributed by atoms with Crippen molar-refractivity contribution < 1.29 is 19.2 Å². The predicted octanol–water partition coefficient (Wildman–Crippen LogP) is 2.37. The fraction of sp³-hybridized carbons (Fsp3) is 0.846. The number of hydrogen-bond donors (Lipinski definition) is 0. The average molecular weight is 273 g/mol. The van der Waals surface area contributed by atoms with E-state index in [1.807, 2.05) is 6.92 Å². The molecular weight excluding hydrogens is 250 g/mol. The number of nitrogens with zero attached hydrogens (tertiary/aromatic N) is 1. The van der Waals surface area contributed by atoms with E-state index in [0.717, 1.165) is 12.8 Å². The first-order valence-electron chi connectivity index (χ1n) is 6.66. The molecule has 0 aliphatic heterocycles. The van der Waals surface area contributed by atoms with Gasteiger partial charge < -0.3 is 4.74 Å². The summed E-state index contributed by atoms with van der Waals surface area (Å²) in [4.78, 5) is 33.7. The van der Waals surface area contributed by atoms with Crippen LogP contribution in [0.3, 0.4) is 0 Å². The molecule has 0 N–H and O–H groups in total. The first-order chi connectivity index (χ1) is 8.85. The molecule has 0 saturated carbocycles. The summed E-state index contributed by atoms with van der Waals surface area (Å²) >= 11 is 0. The fourth-order valence-corrected chi connectivity index (χ4v) is 1.90. The highest BCUT2D eigenvalue weighted by Crippen LogP contribution is 2.26. The van der Waals surface area contributed by atoms with Crippen LogP contribution < -0.4 is 0 Å². The Hall–Kier alpha value is -1.46. The molecule has 19 heavy (non-hydrogen) atoms. The second-order valence-electron chi connectivity index (χ2n) is 4.91. The number of hydrogen-bond acceptors (Lipinski definition) is 5. The monoisotopic (exact) mass is 273 g/mol. The third-order valence-corrected chi connectivity index (χ3v) is 3.00. The molecule has 6 heteroatoms. The third-order valence-electron chi connectivity index (χ3n) is 3.00. The van der Waals surface area contributed by atoms with E-state index in [1.54, 1.807) is 6.92 Å². The van der Waals surface area contributed by atoms with Crippen LogP contribution in [0.4, 0.5) is 0 Å². The van der Waals surface area contributed by atoms with Gasteiger partial charge >= 0.3 is 5.97 Å². The molecule has 0 saturated heterocycles.